The normalized spacial score (nSPS) is 11.4. The summed E-state index contributed by atoms with van der Waals surface area (Å²) in [5, 5.41) is 8.45. The van der Waals surface area contributed by atoms with E-state index in [2.05, 4.69) is 49.2 Å². The van der Waals surface area contributed by atoms with Crippen molar-refractivity contribution in [3.63, 3.8) is 0 Å². The molecule has 7 heteroatoms. The summed E-state index contributed by atoms with van der Waals surface area (Å²) in [4.78, 5) is 21.3. The van der Waals surface area contributed by atoms with Crippen molar-refractivity contribution in [3.8, 4) is 33.8 Å². The van der Waals surface area contributed by atoms with Crippen LogP contribution >= 0.6 is 0 Å². The topological polar surface area (TPSA) is 96.0 Å². The van der Waals surface area contributed by atoms with Gasteiger partial charge >= 0.3 is 0 Å². The molecule has 0 aliphatic heterocycles. The first-order chi connectivity index (χ1) is 15.3. The Balaban J connectivity index is 1.52. The van der Waals surface area contributed by atoms with Gasteiger partial charge in [0.25, 0.3) is 0 Å². The molecule has 31 heavy (non-hydrogen) atoms. The number of aryl methyl sites for hydroxylation is 1. The molecule has 2 N–H and O–H groups in total. The molecule has 0 saturated heterocycles. The Morgan fingerprint density at radius 1 is 0.839 bits per heavy atom. The third kappa shape index (κ3) is 2.86. The van der Waals surface area contributed by atoms with E-state index in [9.17, 15) is 0 Å². The molecule has 0 bridgehead atoms. The van der Waals surface area contributed by atoms with E-state index in [-0.39, 0.29) is 0 Å². The molecule has 0 aliphatic carbocycles. The Bertz CT molecular complexity index is 1550. The van der Waals surface area contributed by atoms with Gasteiger partial charge in [-0.05, 0) is 48.4 Å². The van der Waals surface area contributed by atoms with Gasteiger partial charge in [0.15, 0.2) is 11.5 Å². The van der Waals surface area contributed by atoms with Crippen molar-refractivity contribution in [1.29, 1.82) is 0 Å². The molecule has 0 saturated carbocycles. The largest absolute Gasteiger partial charge is 0.337 e. The fourth-order valence-corrected chi connectivity index (χ4v) is 3.91. The van der Waals surface area contributed by atoms with Crippen molar-refractivity contribution in [2.75, 3.05) is 0 Å². The van der Waals surface area contributed by atoms with Gasteiger partial charge in [0.1, 0.15) is 5.69 Å². The first-order valence-corrected chi connectivity index (χ1v) is 9.92. The highest BCUT2D eigenvalue weighted by Crippen LogP contribution is 2.32. The first-order valence-electron chi connectivity index (χ1n) is 9.92. The highest BCUT2D eigenvalue weighted by molar-refractivity contribution is 5.97. The Morgan fingerprint density at radius 3 is 2.58 bits per heavy atom. The fraction of sp³-hybridized carbons (Fsp3) is 0.0417. The van der Waals surface area contributed by atoms with E-state index in [1.165, 1.54) is 0 Å². The molecule has 5 heterocycles. The summed E-state index contributed by atoms with van der Waals surface area (Å²) in [5.41, 5.74) is 8.61. The van der Waals surface area contributed by atoms with Crippen LogP contribution in [0.4, 0.5) is 0 Å². The molecule has 0 unspecified atom stereocenters. The lowest BCUT2D eigenvalue weighted by Crippen LogP contribution is -1.87. The summed E-state index contributed by atoms with van der Waals surface area (Å²) in [5.74, 6) is 0.699. The van der Waals surface area contributed by atoms with Gasteiger partial charge in [-0.1, -0.05) is 12.1 Å². The maximum Gasteiger partial charge on any atom is 0.159 e. The van der Waals surface area contributed by atoms with Gasteiger partial charge in [0.05, 0.1) is 16.4 Å². The molecule has 0 aliphatic rings. The monoisotopic (exact) mass is 403 g/mol. The van der Waals surface area contributed by atoms with Gasteiger partial charge in [-0.15, -0.1) is 0 Å². The van der Waals surface area contributed by atoms with E-state index in [0.717, 1.165) is 55.6 Å². The number of hydrogen-bond donors (Lipinski definition) is 2. The molecular formula is C24H17N7. The lowest BCUT2D eigenvalue weighted by molar-refractivity contribution is 1.09. The number of benzene rings is 1. The number of hydrogen-bond acceptors (Lipinski definition) is 5. The molecule has 0 atom stereocenters. The number of H-pyrrole nitrogens is 2. The highest BCUT2D eigenvalue weighted by atomic mass is 15.2. The van der Waals surface area contributed by atoms with Crippen LogP contribution in [0.15, 0.2) is 73.4 Å². The molecule has 0 fully saturated rings. The Labute approximate surface area is 177 Å². The minimum atomic E-state index is 0.699. The maximum absolute atomic E-state index is 4.90. The van der Waals surface area contributed by atoms with Gasteiger partial charge in [0.2, 0.25) is 0 Å². The average Bonchev–Trinajstić information content (AvgIpc) is 3.43. The number of aromatic amines is 2. The quantitative estimate of drug-likeness (QED) is 0.437. The second-order valence-electron chi connectivity index (χ2n) is 7.41. The minimum Gasteiger partial charge on any atom is -0.337 e. The van der Waals surface area contributed by atoms with Crippen LogP contribution in [0, 0.1) is 6.92 Å². The van der Waals surface area contributed by atoms with E-state index in [4.69, 9.17) is 4.98 Å². The van der Waals surface area contributed by atoms with Crippen LogP contribution in [0.25, 0.3) is 55.8 Å². The summed E-state index contributed by atoms with van der Waals surface area (Å²) < 4.78 is 0. The zero-order chi connectivity index (χ0) is 20.8. The van der Waals surface area contributed by atoms with Gasteiger partial charge in [-0.3, -0.25) is 15.1 Å². The molecule has 148 valence electrons. The highest BCUT2D eigenvalue weighted by Gasteiger charge is 2.16. The third-order valence-corrected chi connectivity index (χ3v) is 5.49. The number of nitrogens with zero attached hydrogens (tertiary/aromatic N) is 5. The molecular weight excluding hydrogens is 386 g/mol. The number of nitrogens with one attached hydrogen (secondary N) is 2. The van der Waals surface area contributed by atoms with Crippen molar-refractivity contribution < 1.29 is 0 Å². The lowest BCUT2D eigenvalue weighted by atomic mass is 10.0. The smallest absolute Gasteiger partial charge is 0.159 e. The standard InChI is InChI=1S/C24H17N7/c1-14-5-8-26-13-19(14)16-11-18-22(30-31-23(18)27-12-16)24-28-20-4-2-3-17(21(20)29-24)15-6-9-25-10-7-15/h2-13H,1H3,(H,28,29)(H,27,30,31). The van der Waals surface area contributed by atoms with E-state index < -0.39 is 0 Å². The molecule has 6 aromatic rings. The molecule has 1 aromatic carbocycles. The van der Waals surface area contributed by atoms with Crippen molar-refractivity contribution in [1.82, 2.24) is 35.1 Å². The predicted octanol–water partition coefficient (Wildman–Crippen LogP) is 4.93. The van der Waals surface area contributed by atoms with E-state index >= 15 is 0 Å². The van der Waals surface area contributed by atoms with Crippen LogP contribution in [0.3, 0.4) is 0 Å². The van der Waals surface area contributed by atoms with Crippen molar-refractivity contribution >= 4 is 22.1 Å². The second-order valence-corrected chi connectivity index (χ2v) is 7.41. The molecule has 0 amide bonds. The summed E-state index contributed by atoms with van der Waals surface area (Å²) in [6.07, 6.45) is 9.07. The summed E-state index contributed by atoms with van der Waals surface area (Å²) in [7, 11) is 0. The van der Waals surface area contributed by atoms with E-state index in [1.807, 2.05) is 42.7 Å². The van der Waals surface area contributed by atoms with Crippen LogP contribution in [-0.2, 0) is 0 Å². The van der Waals surface area contributed by atoms with E-state index in [0.29, 0.717) is 5.82 Å². The first kappa shape index (κ1) is 17.5. The van der Waals surface area contributed by atoms with Crippen LogP contribution < -0.4 is 0 Å². The molecule has 6 rings (SSSR count). The van der Waals surface area contributed by atoms with Crippen LogP contribution in [0.1, 0.15) is 5.56 Å². The minimum absolute atomic E-state index is 0.699. The van der Waals surface area contributed by atoms with Crippen LogP contribution in [0.2, 0.25) is 0 Å². The average molecular weight is 403 g/mol. The lowest BCUT2D eigenvalue weighted by Gasteiger charge is -2.04. The maximum atomic E-state index is 4.90. The zero-order valence-corrected chi connectivity index (χ0v) is 16.7. The summed E-state index contributed by atoms with van der Waals surface area (Å²) >= 11 is 0. The SMILES string of the molecule is Cc1ccncc1-c1cnc2[nH]nc(-c3nc4c(-c5ccncc5)cccc4[nH]3)c2c1. The number of fused-ring (bicyclic) bond motifs is 2. The van der Waals surface area contributed by atoms with Crippen LogP contribution in [0.5, 0.6) is 0 Å². The zero-order valence-electron chi connectivity index (χ0n) is 16.7. The summed E-state index contributed by atoms with van der Waals surface area (Å²) in [6, 6.07) is 14.2. The molecule has 7 nitrogen and oxygen atoms in total. The molecule has 0 radical (unpaired) electrons. The Morgan fingerprint density at radius 2 is 1.71 bits per heavy atom. The Kier molecular flexibility index (Phi) is 3.86. The van der Waals surface area contributed by atoms with E-state index in [1.54, 1.807) is 18.6 Å². The van der Waals surface area contributed by atoms with Gasteiger partial charge in [-0.25, -0.2) is 9.97 Å². The number of pyridine rings is 3. The summed E-state index contributed by atoms with van der Waals surface area (Å²) in [6.45, 7) is 2.07. The number of para-hydroxylation sites is 1. The Hall–Kier alpha value is -4.39. The number of imidazole rings is 1. The number of aromatic nitrogens is 7. The van der Waals surface area contributed by atoms with Gasteiger partial charge in [0, 0.05) is 47.7 Å². The van der Waals surface area contributed by atoms with Crippen LogP contribution in [-0.4, -0.2) is 35.1 Å². The number of rotatable bonds is 3. The third-order valence-electron chi connectivity index (χ3n) is 5.49. The fourth-order valence-electron chi connectivity index (χ4n) is 3.91. The molecule has 0 spiro atoms. The van der Waals surface area contributed by atoms with Gasteiger partial charge < -0.3 is 4.98 Å². The van der Waals surface area contributed by atoms with Crippen molar-refractivity contribution in [2.45, 2.75) is 6.92 Å². The van der Waals surface area contributed by atoms with Crippen molar-refractivity contribution in [3.05, 3.63) is 79.0 Å². The second kappa shape index (κ2) is 6.84. The molecule has 5 aromatic heterocycles. The van der Waals surface area contributed by atoms with Gasteiger partial charge in [-0.2, -0.15) is 5.10 Å². The predicted molar refractivity (Wildman–Crippen MR) is 120 cm³/mol. The van der Waals surface area contributed by atoms with Crippen molar-refractivity contribution in [2.24, 2.45) is 0 Å².